The first-order valence-corrected chi connectivity index (χ1v) is 5.24. The maximum absolute atomic E-state index is 11.4. The minimum atomic E-state index is -0.0718. The Morgan fingerprint density at radius 2 is 2.40 bits per heavy atom. The minimum absolute atomic E-state index is 0.0718. The molecule has 1 amide bonds. The van der Waals surface area contributed by atoms with Crippen LogP contribution < -0.4 is 10.6 Å². The molecule has 0 aromatic carbocycles. The van der Waals surface area contributed by atoms with Gasteiger partial charge in [-0.05, 0) is 13.8 Å². The van der Waals surface area contributed by atoms with Crippen LogP contribution in [0, 0.1) is 11.3 Å². The fourth-order valence-electron chi connectivity index (χ4n) is 1.70. The van der Waals surface area contributed by atoms with Crippen molar-refractivity contribution in [1.82, 2.24) is 15.5 Å². The third-order valence-corrected chi connectivity index (χ3v) is 2.60. The van der Waals surface area contributed by atoms with Gasteiger partial charge in [-0.25, -0.2) is 0 Å². The zero-order chi connectivity index (χ0) is 11.3. The van der Waals surface area contributed by atoms with Crippen molar-refractivity contribution >= 4 is 5.91 Å². The molecule has 0 aliphatic carbocycles. The first-order valence-electron chi connectivity index (χ1n) is 5.24. The molecule has 1 aliphatic rings. The van der Waals surface area contributed by atoms with Crippen LogP contribution in [0.15, 0.2) is 0 Å². The van der Waals surface area contributed by atoms with Gasteiger partial charge in [0, 0.05) is 25.2 Å². The van der Waals surface area contributed by atoms with Crippen molar-refractivity contribution in [3.8, 4) is 6.07 Å². The molecule has 2 N–H and O–H groups in total. The van der Waals surface area contributed by atoms with Crippen LogP contribution in [0.1, 0.15) is 13.8 Å². The third-order valence-electron chi connectivity index (χ3n) is 2.60. The highest BCUT2D eigenvalue weighted by Crippen LogP contribution is 2.05. The van der Waals surface area contributed by atoms with Crippen LogP contribution in [0.2, 0.25) is 0 Å². The van der Waals surface area contributed by atoms with Gasteiger partial charge < -0.3 is 10.6 Å². The van der Waals surface area contributed by atoms with Crippen molar-refractivity contribution in [3.63, 3.8) is 0 Å². The van der Waals surface area contributed by atoms with Crippen LogP contribution in [-0.4, -0.2) is 49.1 Å². The van der Waals surface area contributed by atoms with Crippen LogP contribution >= 0.6 is 0 Å². The van der Waals surface area contributed by atoms with E-state index in [9.17, 15) is 4.79 Å². The number of nitrogens with one attached hydrogen (secondary N) is 2. The number of nitrogens with zero attached hydrogens (tertiary/aromatic N) is 2. The molecule has 0 spiro atoms. The SMILES string of the molecule is CC1CN(CC(=O)NCC#N)C(C)CN1. The van der Waals surface area contributed by atoms with Gasteiger partial charge in [-0.15, -0.1) is 0 Å². The number of amides is 1. The lowest BCUT2D eigenvalue weighted by Gasteiger charge is -2.36. The molecule has 5 heteroatoms. The summed E-state index contributed by atoms with van der Waals surface area (Å²) in [6.07, 6.45) is 0. The van der Waals surface area contributed by atoms with Crippen LogP contribution in [0.4, 0.5) is 0 Å². The molecule has 5 nitrogen and oxygen atoms in total. The van der Waals surface area contributed by atoms with E-state index < -0.39 is 0 Å². The molecule has 0 bridgehead atoms. The molecule has 0 radical (unpaired) electrons. The molecule has 1 aliphatic heterocycles. The van der Waals surface area contributed by atoms with Crippen LogP contribution in [0.25, 0.3) is 0 Å². The molecule has 2 atom stereocenters. The molecule has 84 valence electrons. The highest BCUT2D eigenvalue weighted by molar-refractivity contribution is 5.78. The summed E-state index contributed by atoms with van der Waals surface area (Å²) in [4.78, 5) is 13.5. The standard InChI is InChI=1S/C10H18N4O/c1-8-6-14(9(2)5-13-8)7-10(15)12-4-3-11/h8-9,13H,4-7H2,1-2H3,(H,12,15). The van der Waals surface area contributed by atoms with Gasteiger partial charge in [-0.3, -0.25) is 9.69 Å². The molecule has 1 saturated heterocycles. The van der Waals surface area contributed by atoms with E-state index in [-0.39, 0.29) is 12.5 Å². The molecule has 1 fully saturated rings. The van der Waals surface area contributed by atoms with Crippen molar-refractivity contribution in [2.75, 3.05) is 26.2 Å². The third kappa shape index (κ3) is 3.86. The first-order chi connectivity index (χ1) is 7.13. The van der Waals surface area contributed by atoms with Crippen molar-refractivity contribution in [2.45, 2.75) is 25.9 Å². The molecule has 0 saturated carbocycles. The largest absolute Gasteiger partial charge is 0.342 e. The van der Waals surface area contributed by atoms with Gasteiger partial charge in [0.15, 0.2) is 0 Å². The Labute approximate surface area is 90.4 Å². The average Bonchev–Trinajstić information content (AvgIpc) is 2.20. The Morgan fingerprint density at radius 3 is 3.07 bits per heavy atom. The quantitative estimate of drug-likeness (QED) is 0.605. The molecule has 15 heavy (non-hydrogen) atoms. The monoisotopic (exact) mass is 210 g/mol. The van der Waals surface area contributed by atoms with Gasteiger partial charge in [-0.2, -0.15) is 5.26 Å². The number of piperazine rings is 1. The van der Waals surface area contributed by atoms with Gasteiger partial charge >= 0.3 is 0 Å². The Hall–Kier alpha value is -1.12. The lowest BCUT2D eigenvalue weighted by atomic mass is 10.1. The van der Waals surface area contributed by atoms with Crippen molar-refractivity contribution in [1.29, 1.82) is 5.26 Å². The highest BCUT2D eigenvalue weighted by atomic mass is 16.2. The number of carbonyl (C=O) groups excluding carboxylic acids is 1. The molecular weight excluding hydrogens is 192 g/mol. The molecule has 1 heterocycles. The number of nitriles is 1. The van der Waals surface area contributed by atoms with Crippen molar-refractivity contribution in [2.24, 2.45) is 0 Å². The summed E-state index contributed by atoms with van der Waals surface area (Å²) < 4.78 is 0. The maximum Gasteiger partial charge on any atom is 0.235 e. The average molecular weight is 210 g/mol. The van der Waals surface area contributed by atoms with Gasteiger partial charge in [0.2, 0.25) is 5.91 Å². The van der Waals surface area contributed by atoms with Crippen LogP contribution in [0.5, 0.6) is 0 Å². The maximum atomic E-state index is 11.4. The van der Waals surface area contributed by atoms with Gasteiger partial charge in [0.1, 0.15) is 6.54 Å². The summed E-state index contributed by atoms with van der Waals surface area (Å²) >= 11 is 0. The lowest BCUT2D eigenvalue weighted by molar-refractivity contribution is -0.122. The van der Waals surface area contributed by atoms with E-state index in [1.807, 2.05) is 6.07 Å². The smallest absolute Gasteiger partial charge is 0.235 e. The second kappa shape index (κ2) is 5.69. The molecule has 0 aromatic heterocycles. The Balaban J connectivity index is 2.35. The van der Waals surface area contributed by atoms with Crippen LogP contribution in [-0.2, 0) is 4.79 Å². The highest BCUT2D eigenvalue weighted by Gasteiger charge is 2.23. The predicted molar refractivity (Wildman–Crippen MR) is 57.1 cm³/mol. The van der Waals surface area contributed by atoms with E-state index in [4.69, 9.17) is 5.26 Å². The van der Waals surface area contributed by atoms with E-state index >= 15 is 0 Å². The normalized spacial score (nSPS) is 27.0. The Morgan fingerprint density at radius 1 is 1.67 bits per heavy atom. The zero-order valence-electron chi connectivity index (χ0n) is 9.29. The number of hydrogen-bond acceptors (Lipinski definition) is 4. The number of hydrogen-bond donors (Lipinski definition) is 2. The minimum Gasteiger partial charge on any atom is -0.342 e. The van der Waals surface area contributed by atoms with E-state index in [1.165, 1.54) is 0 Å². The topological polar surface area (TPSA) is 68.2 Å². The first kappa shape index (κ1) is 12.0. The zero-order valence-corrected chi connectivity index (χ0v) is 9.29. The molecule has 1 rings (SSSR count). The van der Waals surface area contributed by atoms with E-state index in [0.29, 0.717) is 18.6 Å². The fraction of sp³-hybridized carbons (Fsp3) is 0.800. The number of rotatable bonds is 3. The van der Waals surface area contributed by atoms with E-state index in [0.717, 1.165) is 13.1 Å². The summed E-state index contributed by atoms with van der Waals surface area (Å²) in [6, 6.07) is 2.68. The molecule has 2 unspecified atom stereocenters. The summed E-state index contributed by atoms with van der Waals surface area (Å²) in [7, 11) is 0. The van der Waals surface area contributed by atoms with Gasteiger partial charge in [0.25, 0.3) is 0 Å². The molecular formula is C10H18N4O. The second-order valence-electron chi connectivity index (χ2n) is 4.02. The van der Waals surface area contributed by atoms with E-state index in [2.05, 4.69) is 29.4 Å². The lowest BCUT2D eigenvalue weighted by Crippen LogP contribution is -2.56. The summed E-state index contributed by atoms with van der Waals surface area (Å²) in [5.41, 5.74) is 0. The molecule has 0 aromatic rings. The number of carbonyl (C=O) groups is 1. The van der Waals surface area contributed by atoms with Crippen molar-refractivity contribution in [3.05, 3.63) is 0 Å². The van der Waals surface area contributed by atoms with Crippen LogP contribution in [0.3, 0.4) is 0 Å². The van der Waals surface area contributed by atoms with Gasteiger partial charge in [-0.1, -0.05) is 0 Å². The predicted octanol–water partition coefficient (Wildman–Crippen LogP) is -0.692. The summed E-state index contributed by atoms with van der Waals surface area (Å²) in [5, 5.41) is 14.2. The van der Waals surface area contributed by atoms with Crippen molar-refractivity contribution < 1.29 is 4.79 Å². The van der Waals surface area contributed by atoms with E-state index in [1.54, 1.807) is 0 Å². The fourth-order valence-corrected chi connectivity index (χ4v) is 1.70. The second-order valence-corrected chi connectivity index (χ2v) is 4.02. The summed E-state index contributed by atoms with van der Waals surface area (Å²) in [6.45, 7) is 6.46. The van der Waals surface area contributed by atoms with Gasteiger partial charge in [0.05, 0.1) is 12.6 Å². The Kier molecular flexibility index (Phi) is 4.53. The Bertz CT molecular complexity index is 261. The summed E-state index contributed by atoms with van der Waals surface area (Å²) in [5.74, 6) is -0.0718.